The highest BCUT2D eigenvalue weighted by molar-refractivity contribution is 4.93. The summed E-state index contributed by atoms with van der Waals surface area (Å²) in [6.07, 6.45) is 2.97. The SMILES string of the molecule is CC(C)N(C)CCCNCCn1ccccc1=O. The van der Waals surface area contributed by atoms with Crippen LogP contribution in [0.4, 0.5) is 0 Å². The number of hydrogen-bond donors (Lipinski definition) is 1. The maximum Gasteiger partial charge on any atom is 0.250 e. The summed E-state index contributed by atoms with van der Waals surface area (Å²) in [7, 11) is 2.15. The van der Waals surface area contributed by atoms with Crippen molar-refractivity contribution in [2.75, 3.05) is 26.7 Å². The highest BCUT2D eigenvalue weighted by Gasteiger charge is 2.01. The summed E-state index contributed by atoms with van der Waals surface area (Å²) in [4.78, 5) is 13.8. The molecule has 0 atom stereocenters. The molecule has 18 heavy (non-hydrogen) atoms. The van der Waals surface area contributed by atoms with Gasteiger partial charge >= 0.3 is 0 Å². The quantitative estimate of drug-likeness (QED) is 0.705. The van der Waals surface area contributed by atoms with Crippen molar-refractivity contribution < 1.29 is 0 Å². The lowest BCUT2D eigenvalue weighted by atomic mass is 10.3. The molecule has 0 spiro atoms. The Labute approximate surface area is 110 Å². The van der Waals surface area contributed by atoms with Crippen LogP contribution in [0.3, 0.4) is 0 Å². The smallest absolute Gasteiger partial charge is 0.250 e. The van der Waals surface area contributed by atoms with E-state index in [2.05, 4.69) is 31.1 Å². The zero-order valence-electron chi connectivity index (χ0n) is 11.7. The molecule has 1 aromatic rings. The van der Waals surface area contributed by atoms with Crippen molar-refractivity contribution in [2.45, 2.75) is 32.9 Å². The second-order valence-electron chi connectivity index (χ2n) is 4.91. The summed E-state index contributed by atoms with van der Waals surface area (Å²) >= 11 is 0. The van der Waals surface area contributed by atoms with Crippen molar-refractivity contribution in [1.29, 1.82) is 0 Å². The van der Waals surface area contributed by atoms with Crippen LogP contribution in [0.2, 0.25) is 0 Å². The zero-order chi connectivity index (χ0) is 13.4. The molecule has 0 aliphatic heterocycles. The average molecular weight is 251 g/mol. The van der Waals surface area contributed by atoms with Crippen molar-refractivity contribution >= 4 is 0 Å². The highest BCUT2D eigenvalue weighted by Crippen LogP contribution is 1.94. The average Bonchev–Trinajstić information content (AvgIpc) is 2.35. The van der Waals surface area contributed by atoms with Gasteiger partial charge in [0.1, 0.15) is 0 Å². The minimum atomic E-state index is 0.0684. The van der Waals surface area contributed by atoms with Crippen LogP contribution in [-0.4, -0.2) is 42.2 Å². The molecule has 0 fully saturated rings. The van der Waals surface area contributed by atoms with Crippen molar-refractivity contribution in [3.05, 3.63) is 34.7 Å². The van der Waals surface area contributed by atoms with Gasteiger partial charge in [-0.05, 0) is 46.5 Å². The van der Waals surface area contributed by atoms with E-state index in [9.17, 15) is 4.79 Å². The Hall–Kier alpha value is -1.13. The van der Waals surface area contributed by atoms with Crippen LogP contribution in [0.25, 0.3) is 0 Å². The molecule has 1 rings (SSSR count). The third kappa shape index (κ3) is 5.47. The molecule has 0 saturated carbocycles. The Kier molecular flexibility index (Phi) is 6.68. The topological polar surface area (TPSA) is 37.3 Å². The van der Waals surface area contributed by atoms with Crippen molar-refractivity contribution in [2.24, 2.45) is 0 Å². The maximum atomic E-state index is 11.4. The molecule has 0 amide bonds. The van der Waals surface area contributed by atoms with Crippen LogP contribution in [0, 0.1) is 0 Å². The van der Waals surface area contributed by atoms with Gasteiger partial charge in [0, 0.05) is 31.4 Å². The predicted molar refractivity (Wildman–Crippen MR) is 76.0 cm³/mol. The van der Waals surface area contributed by atoms with Gasteiger partial charge in [-0.2, -0.15) is 0 Å². The molecule has 0 aliphatic carbocycles. The molecular formula is C14H25N3O. The van der Waals surface area contributed by atoms with E-state index < -0.39 is 0 Å². The van der Waals surface area contributed by atoms with Crippen LogP contribution in [0.1, 0.15) is 20.3 Å². The molecule has 0 aliphatic rings. The van der Waals surface area contributed by atoms with Gasteiger partial charge in [-0.15, -0.1) is 0 Å². The lowest BCUT2D eigenvalue weighted by Gasteiger charge is -2.20. The summed E-state index contributed by atoms with van der Waals surface area (Å²) in [6.45, 7) is 8.09. The van der Waals surface area contributed by atoms with Crippen molar-refractivity contribution in [3.63, 3.8) is 0 Å². The Morgan fingerprint density at radius 3 is 2.78 bits per heavy atom. The zero-order valence-corrected chi connectivity index (χ0v) is 11.7. The standard InChI is InChI=1S/C14H25N3O/c1-13(2)16(3)10-6-8-15-9-12-17-11-5-4-7-14(17)18/h4-5,7,11,13,15H,6,8-10,12H2,1-3H3. The molecule has 0 saturated heterocycles. The largest absolute Gasteiger partial charge is 0.315 e. The Bertz CT molecular complexity index is 387. The molecule has 1 aromatic heterocycles. The minimum Gasteiger partial charge on any atom is -0.315 e. The number of nitrogens with zero attached hydrogens (tertiary/aromatic N) is 2. The van der Waals surface area contributed by atoms with Gasteiger partial charge in [-0.3, -0.25) is 4.79 Å². The first-order valence-electron chi connectivity index (χ1n) is 6.67. The fraction of sp³-hybridized carbons (Fsp3) is 0.643. The van der Waals surface area contributed by atoms with Gasteiger partial charge in [0.05, 0.1) is 0 Å². The van der Waals surface area contributed by atoms with Crippen molar-refractivity contribution in [1.82, 2.24) is 14.8 Å². The molecule has 0 aromatic carbocycles. The highest BCUT2D eigenvalue weighted by atomic mass is 16.1. The van der Waals surface area contributed by atoms with Gasteiger partial charge in [0.25, 0.3) is 5.56 Å². The first kappa shape index (κ1) is 14.9. The molecular weight excluding hydrogens is 226 g/mol. The second kappa shape index (κ2) is 8.06. The van der Waals surface area contributed by atoms with E-state index in [1.807, 2.05) is 12.3 Å². The lowest BCUT2D eigenvalue weighted by molar-refractivity contribution is 0.269. The van der Waals surface area contributed by atoms with Crippen LogP contribution in [0.15, 0.2) is 29.2 Å². The van der Waals surface area contributed by atoms with Crippen LogP contribution in [-0.2, 0) is 6.54 Å². The van der Waals surface area contributed by atoms with E-state index in [-0.39, 0.29) is 5.56 Å². The second-order valence-corrected chi connectivity index (χ2v) is 4.91. The Balaban J connectivity index is 2.09. The monoisotopic (exact) mass is 251 g/mol. The third-order valence-electron chi connectivity index (χ3n) is 3.17. The molecule has 0 bridgehead atoms. The maximum absolute atomic E-state index is 11.4. The van der Waals surface area contributed by atoms with Gasteiger partial charge < -0.3 is 14.8 Å². The van der Waals surface area contributed by atoms with E-state index in [0.717, 1.165) is 32.6 Å². The van der Waals surface area contributed by atoms with E-state index in [4.69, 9.17) is 0 Å². The number of hydrogen-bond acceptors (Lipinski definition) is 3. The number of rotatable bonds is 8. The number of pyridine rings is 1. The van der Waals surface area contributed by atoms with Crippen molar-refractivity contribution in [3.8, 4) is 0 Å². The fourth-order valence-electron chi connectivity index (χ4n) is 1.68. The molecule has 1 heterocycles. The predicted octanol–water partition coefficient (Wildman–Crippen LogP) is 1.17. The lowest BCUT2D eigenvalue weighted by Crippen LogP contribution is -2.31. The van der Waals surface area contributed by atoms with E-state index in [1.165, 1.54) is 0 Å². The van der Waals surface area contributed by atoms with Crippen LogP contribution < -0.4 is 10.9 Å². The Morgan fingerprint density at radius 1 is 1.33 bits per heavy atom. The first-order chi connectivity index (χ1) is 8.61. The van der Waals surface area contributed by atoms with Gasteiger partial charge in [0.15, 0.2) is 0 Å². The molecule has 4 heteroatoms. The van der Waals surface area contributed by atoms with Gasteiger partial charge in [0.2, 0.25) is 0 Å². The van der Waals surface area contributed by atoms with Gasteiger partial charge in [-0.1, -0.05) is 6.07 Å². The first-order valence-corrected chi connectivity index (χ1v) is 6.67. The molecule has 0 unspecified atom stereocenters. The fourth-order valence-corrected chi connectivity index (χ4v) is 1.68. The minimum absolute atomic E-state index is 0.0684. The number of aromatic nitrogens is 1. The molecule has 102 valence electrons. The van der Waals surface area contributed by atoms with E-state index in [0.29, 0.717) is 6.04 Å². The number of nitrogens with one attached hydrogen (secondary N) is 1. The summed E-state index contributed by atoms with van der Waals surface area (Å²) < 4.78 is 1.73. The summed E-state index contributed by atoms with van der Waals surface area (Å²) in [5, 5.41) is 3.37. The normalized spacial score (nSPS) is 11.4. The molecule has 4 nitrogen and oxygen atoms in total. The summed E-state index contributed by atoms with van der Waals surface area (Å²) in [6, 6.07) is 5.86. The van der Waals surface area contributed by atoms with Gasteiger partial charge in [-0.25, -0.2) is 0 Å². The summed E-state index contributed by atoms with van der Waals surface area (Å²) in [5.41, 5.74) is 0.0684. The molecule has 1 N–H and O–H groups in total. The van der Waals surface area contributed by atoms with E-state index >= 15 is 0 Å². The van der Waals surface area contributed by atoms with Crippen LogP contribution >= 0.6 is 0 Å². The summed E-state index contributed by atoms with van der Waals surface area (Å²) in [5.74, 6) is 0. The molecule has 0 radical (unpaired) electrons. The van der Waals surface area contributed by atoms with E-state index in [1.54, 1.807) is 16.7 Å². The van der Waals surface area contributed by atoms with Crippen LogP contribution in [0.5, 0.6) is 0 Å². The third-order valence-corrected chi connectivity index (χ3v) is 3.17. The Morgan fingerprint density at radius 2 is 2.11 bits per heavy atom.